The van der Waals surface area contributed by atoms with Gasteiger partial charge in [0.1, 0.15) is 5.69 Å². The Hall–Kier alpha value is -2.77. The highest BCUT2D eigenvalue weighted by atomic mass is 16.3. The van der Waals surface area contributed by atoms with Crippen molar-refractivity contribution in [2.24, 2.45) is 16.9 Å². The van der Waals surface area contributed by atoms with E-state index in [2.05, 4.69) is 39.1 Å². The van der Waals surface area contributed by atoms with E-state index in [0.717, 1.165) is 32.4 Å². The van der Waals surface area contributed by atoms with Crippen molar-refractivity contribution in [3.05, 3.63) is 59.1 Å². The fraction of sp³-hybridized carbons (Fsp3) is 0.381. The average molecular weight is 379 g/mol. The smallest absolute Gasteiger partial charge is 0.241 e. The van der Waals surface area contributed by atoms with Crippen LogP contribution in [0.25, 0.3) is 6.08 Å². The van der Waals surface area contributed by atoms with Crippen LogP contribution in [0.5, 0.6) is 0 Å². The van der Waals surface area contributed by atoms with Gasteiger partial charge in [-0.1, -0.05) is 24.3 Å². The quantitative estimate of drug-likeness (QED) is 0.689. The molecule has 1 saturated heterocycles. The number of hydrogen-bond acceptors (Lipinski definition) is 6. The number of aliphatic hydroxyl groups is 1. The van der Waals surface area contributed by atoms with Crippen LogP contribution in [-0.2, 0) is 17.8 Å². The van der Waals surface area contributed by atoms with Crippen LogP contribution in [0.2, 0.25) is 0 Å². The molecule has 1 amide bonds. The highest BCUT2D eigenvalue weighted by Gasteiger charge is 2.46. The van der Waals surface area contributed by atoms with Crippen molar-refractivity contribution in [2.75, 3.05) is 18.0 Å². The molecule has 4 rings (SSSR count). The minimum atomic E-state index is -0.549. The molecular weight excluding hydrogens is 354 g/mol. The van der Waals surface area contributed by atoms with Crippen molar-refractivity contribution >= 4 is 17.8 Å². The Balaban J connectivity index is 1.51. The van der Waals surface area contributed by atoms with E-state index in [-0.39, 0.29) is 18.1 Å². The van der Waals surface area contributed by atoms with Gasteiger partial charge in [-0.15, -0.1) is 0 Å². The first-order valence-corrected chi connectivity index (χ1v) is 9.55. The summed E-state index contributed by atoms with van der Waals surface area (Å²) in [6.45, 7) is 1.42. The molecule has 1 aromatic heterocycles. The molecule has 2 aromatic rings. The van der Waals surface area contributed by atoms with E-state index in [4.69, 9.17) is 11.5 Å². The van der Waals surface area contributed by atoms with Crippen LogP contribution in [-0.4, -0.2) is 34.1 Å². The largest absolute Gasteiger partial charge is 0.390 e. The molecule has 0 radical (unpaired) electrons. The minimum Gasteiger partial charge on any atom is -0.390 e. The highest BCUT2D eigenvalue weighted by Crippen LogP contribution is 2.50. The summed E-state index contributed by atoms with van der Waals surface area (Å²) in [6, 6.07) is 8.54. The first-order valence-electron chi connectivity index (χ1n) is 9.55. The zero-order valence-corrected chi connectivity index (χ0v) is 15.7. The predicted octanol–water partition coefficient (Wildman–Crippen LogP) is 1.31. The number of aromatic nitrogens is 2. The number of piperidine rings is 1. The second kappa shape index (κ2) is 7.33. The lowest BCUT2D eigenvalue weighted by Gasteiger charge is -2.42. The van der Waals surface area contributed by atoms with Gasteiger partial charge in [0.25, 0.3) is 0 Å². The summed E-state index contributed by atoms with van der Waals surface area (Å²) in [4.78, 5) is 22.0. The summed E-state index contributed by atoms with van der Waals surface area (Å²) >= 11 is 0. The number of amides is 1. The lowest BCUT2D eigenvalue weighted by molar-refractivity contribution is -0.113. The van der Waals surface area contributed by atoms with Crippen LogP contribution in [0.1, 0.15) is 41.4 Å². The Bertz CT molecular complexity index is 919. The number of aliphatic hydroxyl groups excluding tert-OH is 1. The van der Waals surface area contributed by atoms with Gasteiger partial charge < -0.3 is 21.5 Å². The Kier molecular flexibility index (Phi) is 4.87. The maximum Gasteiger partial charge on any atom is 0.241 e. The number of benzene rings is 1. The number of rotatable bonds is 4. The number of fused-ring (bicyclic) bond motifs is 1. The Labute approximate surface area is 164 Å². The topological polar surface area (TPSA) is 118 Å². The fourth-order valence-corrected chi connectivity index (χ4v) is 4.52. The van der Waals surface area contributed by atoms with Crippen molar-refractivity contribution in [2.45, 2.75) is 31.9 Å². The monoisotopic (exact) mass is 379 g/mol. The van der Waals surface area contributed by atoms with Crippen molar-refractivity contribution in [1.29, 1.82) is 0 Å². The average Bonchev–Trinajstić information content (AvgIpc) is 2.98. The van der Waals surface area contributed by atoms with Crippen molar-refractivity contribution in [3.8, 4) is 0 Å². The molecule has 0 saturated carbocycles. The lowest BCUT2D eigenvalue weighted by Crippen LogP contribution is -2.45. The summed E-state index contributed by atoms with van der Waals surface area (Å²) in [5, 5.41) is 9.75. The van der Waals surface area contributed by atoms with Gasteiger partial charge in [0.2, 0.25) is 5.91 Å². The lowest BCUT2D eigenvalue weighted by atomic mass is 9.73. The van der Waals surface area contributed by atoms with Gasteiger partial charge in [0.15, 0.2) is 5.82 Å². The Morgan fingerprint density at radius 2 is 2.07 bits per heavy atom. The SMILES string of the molecule is NC(=O)/C=C\c1cnc(N2CCC3(CC2)Cc2ccccc2[C@H]3N)c(CO)n1. The molecule has 146 valence electrons. The third-order valence-corrected chi connectivity index (χ3v) is 6.06. The molecule has 2 aliphatic rings. The first kappa shape index (κ1) is 18.6. The predicted molar refractivity (Wildman–Crippen MR) is 107 cm³/mol. The van der Waals surface area contributed by atoms with Crippen LogP contribution in [0.4, 0.5) is 5.82 Å². The van der Waals surface area contributed by atoms with Gasteiger partial charge in [0.05, 0.1) is 18.5 Å². The molecule has 1 atom stereocenters. The molecule has 5 N–H and O–H groups in total. The van der Waals surface area contributed by atoms with Crippen molar-refractivity contribution in [3.63, 3.8) is 0 Å². The first-order chi connectivity index (χ1) is 13.5. The summed E-state index contributed by atoms with van der Waals surface area (Å²) in [5.74, 6) is 0.143. The molecule has 1 aliphatic heterocycles. The minimum absolute atomic E-state index is 0.0653. The Morgan fingerprint density at radius 3 is 2.75 bits per heavy atom. The number of hydrogen-bond donors (Lipinski definition) is 3. The third kappa shape index (κ3) is 3.27. The maximum absolute atomic E-state index is 10.9. The van der Waals surface area contributed by atoms with Crippen LogP contribution >= 0.6 is 0 Å². The van der Waals surface area contributed by atoms with Crippen LogP contribution in [0.15, 0.2) is 36.5 Å². The van der Waals surface area contributed by atoms with Gasteiger partial charge in [-0.3, -0.25) is 4.79 Å². The Morgan fingerprint density at radius 1 is 1.32 bits per heavy atom. The van der Waals surface area contributed by atoms with Crippen LogP contribution < -0.4 is 16.4 Å². The standard InChI is InChI=1S/C21H25N5O2/c22-18(28)6-5-15-12-24-20(17(13-27)25-15)26-9-7-21(8-10-26)11-14-3-1-2-4-16(14)19(21)23/h1-6,12,19,27H,7-11,13,23H2,(H2,22,28)/b6-5-/t19-/m1/s1. The van der Waals surface area contributed by atoms with E-state index in [9.17, 15) is 9.90 Å². The molecule has 7 nitrogen and oxygen atoms in total. The van der Waals surface area contributed by atoms with Gasteiger partial charge in [0, 0.05) is 25.2 Å². The molecule has 0 unspecified atom stereocenters. The number of anilines is 1. The van der Waals surface area contributed by atoms with E-state index < -0.39 is 5.91 Å². The molecule has 28 heavy (non-hydrogen) atoms. The summed E-state index contributed by atoms with van der Waals surface area (Å²) in [7, 11) is 0. The molecule has 0 bridgehead atoms. The summed E-state index contributed by atoms with van der Waals surface area (Å²) < 4.78 is 0. The van der Waals surface area contributed by atoms with Gasteiger partial charge in [-0.25, -0.2) is 9.97 Å². The molecular formula is C21H25N5O2. The number of nitrogens with zero attached hydrogens (tertiary/aromatic N) is 3. The normalized spacial score (nSPS) is 20.6. The summed E-state index contributed by atoms with van der Waals surface area (Å²) in [5.41, 5.74) is 15.5. The molecule has 7 heteroatoms. The molecule has 1 spiro atoms. The number of primary amides is 1. The zero-order valence-electron chi connectivity index (χ0n) is 15.7. The van der Waals surface area contributed by atoms with E-state index in [0.29, 0.717) is 17.2 Å². The number of nitrogens with two attached hydrogens (primary N) is 2. The molecule has 1 aromatic carbocycles. The van der Waals surface area contributed by atoms with E-state index in [1.165, 1.54) is 23.3 Å². The number of carbonyl (C=O) groups is 1. The van der Waals surface area contributed by atoms with Crippen LogP contribution in [0, 0.1) is 5.41 Å². The maximum atomic E-state index is 10.9. The second-order valence-electron chi connectivity index (χ2n) is 7.66. The molecule has 1 aliphatic carbocycles. The van der Waals surface area contributed by atoms with E-state index in [1.807, 2.05) is 0 Å². The van der Waals surface area contributed by atoms with E-state index in [1.54, 1.807) is 6.20 Å². The third-order valence-electron chi connectivity index (χ3n) is 6.06. The number of carbonyl (C=O) groups excluding carboxylic acids is 1. The van der Waals surface area contributed by atoms with E-state index >= 15 is 0 Å². The van der Waals surface area contributed by atoms with Crippen molar-refractivity contribution in [1.82, 2.24) is 9.97 Å². The second-order valence-corrected chi connectivity index (χ2v) is 7.66. The van der Waals surface area contributed by atoms with Gasteiger partial charge >= 0.3 is 0 Å². The van der Waals surface area contributed by atoms with Gasteiger partial charge in [-0.05, 0) is 41.9 Å². The van der Waals surface area contributed by atoms with Crippen molar-refractivity contribution < 1.29 is 9.90 Å². The fourth-order valence-electron chi connectivity index (χ4n) is 4.52. The highest BCUT2D eigenvalue weighted by molar-refractivity contribution is 5.89. The molecule has 2 heterocycles. The molecule has 1 fully saturated rings. The summed E-state index contributed by atoms with van der Waals surface area (Å²) in [6.07, 6.45) is 7.29. The van der Waals surface area contributed by atoms with Gasteiger partial charge in [-0.2, -0.15) is 0 Å². The zero-order chi connectivity index (χ0) is 19.7. The van der Waals surface area contributed by atoms with Crippen LogP contribution in [0.3, 0.4) is 0 Å².